The van der Waals surface area contributed by atoms with Crippen LogP contribution in [0, 0.1) is 5.41 Å². The molecular formula is C12H17BrCl2O2. The molecule has 1 aliphatic rings. The van der Waals surface area contributed by atoms with E-state index in [1.54, 1.807) is 0 Å². The number of ether oxygens (including phenoxy) is 1. The zero-order valence-corrected chi connectivity index (χ0v) is 13.3. The highest BCUT2D eigenvalue weighted by Crippen LogP contribution is 2.41. The number of carbonyl (C=O) groups is 1. The van der Waals surface area contributed by atoms with Crippen LogP contribution in [0.3, 0.4) is 0 Å². The minimum absolute atomic E-state index is 0.0226. The van der Waals surface area contributed by atoms with Gasteiger partial charge in [0.15, 0.2) is 0 Å². The minimum Gasteiger partial charge on any atom is -0.458 e. The SMILES string of the molecule is CC(=O)O[C@@H]1C[C@@H](Br)C(C)(C)C=C1[C@@H](Cl)CCl. The molecule has 0 radical (unpaired) electrons. The second-order valence-corrected chi connectivity index (χ2v) is 6.83. The number of carbonyl (C=O) groups excluding carboxylic acids is 1. The van der Waals surface area contributed by atoms with Crippen molar-refractivity contribution >= 4 is 45.1 Å². The predicted molar refractivity (Wildman–Crippen MR) is 75.1 cm³/mol. The molecule has 0 aromatic carbocycles. The van der Waals surface area contributed by atoms with Gasteiger partial charge in [-0.15, -0.1) is 23.2 Å². The Morgan fingerprint density at radius 2 is 2.29 bits per heavy atom. The van der Waals surface area contributed by atoms with E-state index in [1.807, 2.05) is 0 Å². The van der Waals surface area contributed by atoms with Crippen molar-refractivity contribution in [3.05, 3.63) is 11.6 Å². The third kappa shape index (κ3) is 3.87. The summed E-state index contributed by atoms with van der Waals surface area (Å²) in [5.41, 5.74) is 0.892. The molecule has 0 aromatic rings. The van der Waals surface area contributed by atoms with Gasteiger partial charge in [0.05, 0.1) is 5.38 Å². The van der Waals surface area contributed by atoms with E-state index < -0.39 is 0 Å². The molecule has 0 unspecified atom stereocenters. The summed E-state index contributed by atoms with van der Waals surface area (Å²) < 4.78 is 5.31. The molecule has 3 atom stereocenters. The van der Waals surface area contributed by atoms with Gasteiger partial charge in [0, 0.05) is 24.1 Å². The van der Waals surface area contributed by atoms with Crippen LogP contribution in [0.2, 0.25) is 0 Å². The van der Waals surface area contributed by atoms with Gasteiger partial charge in [-0.05, 0) is 11.0 Å². The fraction of sp³-hybridized carbons (Fsp3) is 0.750. The first kappa shape index (κ1) is 15.3. The molecule has 0 aliphatic heterocycles. The van der Waals surface area contributed by atoms with Gasteiger partial charge in [0.1, 0.15) is 6.10 Å². The van der Waals surface area contributed by atoms with Gasteiger partial charge in [-0.25, -0.2) is 0 Å². The molecule has 0 spiro atoms. The van der Waals surface area contributed by atoms with E-state index in [4.69, 9.17) is 27.9 Å². The van der Waals surface area contributed by atoms with Crippen LogP contribution in [0.1, 0.15) is 27.2 Å². The van der Waals surface area contributed by atoms with Crippen molar-refractivity contribution in [2.75, 3.05) is 5.88 Å². The Hall–Kier alpha value is 0.270. The lowest BCUT2D eigenvalue weighted by Crippen LogP contribution is -2.38. The molecule has 1 aliphatic carbocycles. The monoisotopic (exact) mass is 342 g/mol. The Morgan fingerprint density at radius 3 is 2.76 bits per heavy atom. The van der Waals surface area contributed by atoms with Crippen molar-refractivity contribution in [1.29, 1.82) is 0 Å². The van der Waals surface area contributed by atoms with Crippen LogP contribution in [0.15, 0.2) is 11.6 Å². The summed E-state index contributed by atoms with van der Waals surface area (Å²) in [6.07, 6.45) is 2.52. The Morgan fingerprint density at radius 1 is 1.71 bits per heavy atom. The molecule has 0 saturated heterocycles. The van der Waals surface area contributed by atoms with Crippen LogP contribution in [-0.4, -0.2) is 28.2 Å². The van der Waals surface area contributed by atoms with E-state index >= 15 is 0 Å². The molecule has 0 bridgehead atoms. The second kappa shape index (κ2) is 5.94. The Kier molecular flexibility index (Phi) is 5.36. The van der Waals surface area contributed by atoms with Gasteiger partial charge >= 0.3 is 5.97 Å². The average molecular weight is 344 g/mol. The first-order valence-corrected chi connectivity index (χ1v) is 7.40. The molecule has 0 aromatic heterocycles. The minimum atomic E-state index is -0.293. The molecule has 5 heteroatoms. The number of rotatable bonds is 3. The van der Waals surface area contributed by atoms with Gasteiger partial charge < -0.3 is 4.74 Å². The standard InChI is InChI=1S/C12H17BrCl2O2/c1-7(16)17-10-4-11(13)12(2,3)5-8(10)9(15)6-14/h5,9-11H,4,6H2,1-3H3/t9-,10+,11+/m0/s1. The lowest BCUT2D eigenvalue weighted by atomic mass is 9.77. The van der Waals surface area contributed by atoms with Crippen LogP contribution in [-0.2, 0) is 9.53 Å². The van der Waals surface area contributed by atoms with Crippen molar-refractivity contribution in [3.8, 4) is 0 Å². The molecule has 0 heterocycles. The lowest BCUT2D eigenvalue weighted by Gasteiger charge is -2.38. The normalized spacial score (nSPS) is 29.4. The summed E-state index contributed by atoms with van der Waals surface area (Å²) in [5.74, 6) is 0.0208. The highest BCUT2D eigenvalue weighted by molar-refractivity contribution is 9.09. The van der Waals surface area contributed by atoms with Crippen molar-refractivity contribution in [1.82, 2.24) is 0 Å². The van der Waals surface area contributed by atoms with Crippen molar-refractivity contribution in [3.63, 3.8) is 0 Å². The van der Waals surface area contributed by atoms with Gasteiger partial charge in [-0.3, -0.25) is 4.79 Å². The lowest BCUT2D eigenvalue weighted by molar-refractivity contribution is -0.145. The molecule has 2 nitrogen and oxygen atoms in total. The second-order valence-electron chi connectivity index (χ2n) is 4.89. The van der Waals surface area contributed by atoms with Gasteiger partial charge in [0.2, 0.25) is 0 Å². The molecule has 0 fully saturated rings. The zero-order valence-electron chi connectivity index (χ0n) is 10.2. The molecule has 0 amide bonds. The highest BCUT2D eigenvalue weighted by Gasteiger charge is 2.38. The number of esters is 1. The molecule has 17 heavy (non-hydrogen) atoms. The smallest absolute Gasteiger partial charge is 0.303 e. The number of halogens is 3. The van der Waals surface area contributed by atoms with Crippen molar-refractivity contribution in [2.24, 2.45) is 5.41 Å². The van der Waals surface area contributed by atoms with Crippen LogP contribution in [0.4, 0.5) is 0 Å². The number of alkyl halides is 3. The van der Waals surface area contributed by atoms with Crippen LogP contribution in [0.5, 0.6) is 0 Å². The molecule has 0 N–H and O–H groups in total. The zero-order chi connectivity index (χ0) is 13.2. The molecular weight excluding hydrogens is 327 g/mol. The quantitative estimate of drug-likeness (QED) is 0.441. The summed E-state index contributed by atoms with van der Waals surface area (Å²) in [6.45, 7) is 5.65. The fourth-order valence-electron chi connectivity index (χ4n) is 1.94. The summed E-state index contributed by atoms with van der Waals surface area (Å²) in [4.78, 5) is 11.3. The Bertz CT molecular complexity index is 328. The Balaban J connectivity index is 3.00. The average Bonchev–Trinajstić information content (AvgIpc) is 2.21. The first-order valence-electron chi connectivity index (χ1n) is 5.52. The summed E-state index contributed by atoms with van der Waals surface area (Å²) >= 11 is 15.6. The third-order valence-corrected chi connectivity index (χ3v) is 5.37. The first-order chi connectivity index (χ1) is 7.77. The summed E-state index contributed by atoms with van der Waals surface area (Å²) in [5, 5.41) is -0.291. The Labute approximate surface area is 121 Å². The predicted octanol–water partition coefficient (Wildman–Crippen LogP) is 3.88. The van der Waals surface area contributed by atoms with E-state index in [0.29, 0.717) is 5.88 Å². The van der Waals surface area contributed by atoms with Crippen LogP contribution < -0.4 is 0 Å². The third-order valence-electron chi connectivity index (χ3n) is 2.94. The van der Waals surface area contributed by atoms with E-state index in [0.717, 1.165) is 12.0 Å². The number of hydrogen-bond acceptors (Lipinski definition) is 2. The van der Waals surface area contributed by atoms with Gasteiger partial charge in [-0.2, -0.15) is 0 Å². The fourth-order valence-corrected chi connectivity index (χ4v) is 2.79. The molecule has 1 rings (SSSR count). The van der Waals surface area contributed by atoms with E-state index in [-0.39, 0.29) is 27.7 Å². The van der Waals surface area contributed by atoms with Crippen molar-refractivity contribution < 1.29 is 9.53 Å². The molecule has 0 saturated carbocycles. The summed E-state index contributed by atoms with van der Waals surface area (Å²) in [6, 6.07) is 0. The van der Waals surface area contributed by atoms with Gasteiger partial charge in [0.25, 0.3) is 0 Å². The van der Waals surface area contributed by atoms with E-state index in [9.17, 15) is 4.79 Å². The van der Waals surface area contributed by atoms with Crippen molar-refractivity contribution in [2.45, 2.75) is 43.5 Å². The largest absolute Gasteiger partial charge is 0.458 e. The van der Waals surface area contributed by atoms with Crippen LogP contribution >= 0.6 is 39.1 Å². The van der Waals surface area contributed by atoms with Gasteiger partial charge in [-0.1, -0.05) is 35.9 Å². The molecule has 98 valence electrons. The van der Waals surface area contributed by atoms with E-state index in [2.05, 4.69) is 35.9 Å². The van der Waals surface area contributed by atoms with E-state index in [1.165, 1.54) is 6.92 Å². The van der Waals surface area contributed by atoms with Crippen LogP contribution in [0.25, 0.3) is 0 Å². The number of allylic oxidation sites excluding steroid dienone is 1. The maximum absolute atomic E-state index is 11.1. The maximum Gasteiger partial charge on any atom is 0.303 e. The topological polar surface area (TPSA) is 26.3 Å². The number of hydrogen-bond donors (Lipinski definition) is 0. The summed E-state index contributed by atoms with van der Waals surface area (Å²) in [7, 11) is 0. The maximum atomic E-state index is 11.1. The highest BCUT2D eigenvalue weighted by atomic mass is 79.9.